The molecule has 8 aromatic carbocycles. The Bertz CT molecular complexity index is 3250. The molecule has 0 aliphatic heterocycles. The van der Waals surface area contributed by atoms with Crippen LogP contribution in [-0.4, -0.2) is 15.0 Å². The van der Waals surface area contributed by atoms with Crippen LogP contribution in [-0.2, 0) is 0 Å². The fourth-order valence-electron chi connectivity index (χ4n) is 7.79. The lowest BCUT2D eigenvalue weighted by molar-refractivity contribution is 0.668. The van der Waals surface area contributed by atoms with Crippen molar-refractivity contribution in [1.82, 2.24) is 15.0 Å². The molecule has 0 amide bonds. The maximum absolute atomic E-state index is 6.23. The smallest absolute Gasteiger partial charge is 0.164 e. The van der Waals surface area contributed by atoms with E-state index in [2.05, 4.69) is 140 Å². The van der Waals surface area contributed by atoms with E-state index in [0.29, 0.717) is 17.5 Å². The predicted molar refractivity (Wildman–Crippen MR) is 227 cm³/mol. The molecule has 3 heterocycles. The minimum atomic E-state index is 0.600. The molecule has 56 heavy (non-hydrogen) atoms. The normalized spacial score (nSPS) is 11.6. The van der Waals surface area contributed by atoms with Gasteiger partial charge in [0.1, 0.15) is 22.3 Å². The van der Waals surface area contributed by atoms with Crippen LogP contribution in [0.15, 0.2) is 197 Å². The highest BCUT2D eigenvalue weighted by molar-refractivity contribution is 6.12. The molecule has 0 atom stereocenters. The molecule has 0 N–H and O–H groups in total. The lowest BCUT2D eigenvalue weighted by Gasteiger charge is -2.11. The highest BCUT2D eigenvalue weighted by Gasteiger charge is 2.17. The zero-order valence-electron chi connectivity index (χ0n) is 30.1. The largest absolute Gasteiger partial charge is 0.456 e. The van der Waals surface area contributed by atoms with E-state index in [-0.39, 0.29) is 0 Å². The van der Waals surface area contributed by atoms with Crippen LogP contribution in [0.25, 0.3) is 111 Å². The Morgan fingerprint density at radius 2 is 0.732 bits per heavy atom. The van der Waals surface area contributed by atoms with Crippen LogP contribution in [0.3, 0.4) is 0 Å². The first-order valence-corrected chi connectivity index (χ1v) is 18.7. The minimum absolute atomic E-state index is 0.600. The van der Waals surface area contributed by atoms with Gasteiger partial charge < -0.3 is 8.83 Å². The number of hydrogen-bond acceptors (Lipinski definition) is 5. The molecule has 0 fully saturated rings. The van der Waals surface area contributed by atoms with Gasteiger partial charge in [-0.25, -0.2) is 15.0 Å². The Labute approximate surface area is 322 Å². The molecule has 5 heteroatoms. The fraction of sp³-hybridized carbons (Fsp3) is 0. The molecule has 0 aliphatic carbocycles. The summed E-state index contributed by atoms with van der Waals surface area (Å²) < 4.78 is 12.3. The Hall–Kier alpha value is -7.63. The van der Waals surface area contributed by atoms with Crippen molar-refractivity contribution in [2.24, 2.45) is 0 Å². The summed E-state index contributed by atoms with van der Waals surface area (Å²) in [6.07, 6.45) is 0. The van der Waals surface area contributed by atoms with Crippen LogP contribution < -0.4 is 0 Å². The summed E-state index contributed by atoms with van der Waals surface area (Å²) in [5.41, 5.74) is 12.8. The monoisotopic (exact) mass is 717 g/mol. The van der Waals surface area contributed by atoms with Gasteiger partial charge in [-0.2, -0.15) is 0 Å². The Kier molecular flexibility index (Phi) is 7.42. The molecule has 0 saturated heterocycles. The van der Waals surface area contributed by atoms with Gasteiger partial charge in [-0.15, -0.1) is 0 Å². The molecular formula is C51H31N3O2. The van der Waals surface area contributed by atoms with Crippen LogP contribution in [0.2, 0.25) is 0 Å². The Balaban J connectivity index is 1.03. The van der Waals surface area contributed by atoms with Crippen molar-refractivity contribution in [1.29, 1.82) is 0 Å². The van der Waals surface area contributed by atoms with Crippen molar-refractivity contribution in [2.45, 2.75) is 0 Å². The molecule has 11 rings (SSSR count). The summed E-state index contributed by atoms with van der Waals surface area (Å²) in [7, 11) is 0. The van der Waals surface area contributed by atoms with E-state index in [4.69, 9.17) is 23.8 Å². The average molecular weight is 718 g/mol. The first-order valence-electron chi connectivity index (χ1n) is 18.7. The molecular weight excluding hydrogens is 687 g/mol. The zero-order valence-corrected chi connectivity index (χ0v) is 30.1. The van der Waals surface area contributed by atoms with Crippen molar-refractivity contribution in [3.8, 4) is 67.5 Å². The molecule has 0 aliphatic rings. The molecule has 0 bridgehead atoms. The molecule has 11 aromatic rings. The number of fused-ring (bicyclic) bond motifs is 6. The van der Waals surface area contributed by atoms with Crippen molar-refractivity contribution < 1.29 is 8.83 Å². The van der Waals surface area contributed by atoms with Gasteiger partial charge in [0.2, 0.25) is 0 Å². The average Bonchev–Trinajstić information content (AvgIpc) is 3.85. The summed E-state index contributed by atoms with van der Waals surface area (Å²) in [5.74, 6) is 1.81. The third kappa shape index (κ3) is 5.53. The van der Waals surface area contributed by atoms with Crippen LogP contribution in [0.1, 0.15) is 0 Å². The highest BCUT2D eigenvalue weighted by atomic mass is 16.3. The van der Waals surface area contributed by atoms with Crippen LogP contribution in [0.4, 0.5) is 0 Å². The van der Waals surface area contributed by atoms with Gasteiger partial charge in [0, 0.05) is 38.2 Å². The van der Waals surface area contributed by atoms with Gasteiger partial charge in [-0.05, 0) is 75.8 Å². The van der Waals surface area contributed by atoms with Gasteiger partial charge in [0.25, 0.3) is 0 Å². The van der Waals surface area contributed by atoms with E-state index < -0.39 is 0 Å². The van der Waals surface area contributed by atoms with E-state index in [9.17, 15) is 0 Å². The third-order valence-electron chi connectivity index (χ3n) is 10.6. The molecule has 0 radical (unpaired) electrons. The summed E-state index contributed by atoms with van der Waals surface area (Å²) in [6, 6.07) is 64.6. The Morgan fingerprint density at radius 3 is 1.50 bits per heavy atom. The summed E-state index contributed by atoms with van der Waals surface area (Å²) >= 11 is 0. The van der Waals surface area contributed by atoms with E-state index in [1.54, 1.807) is 0 Å². The molecule has 0 unspecified atom stereocenters. The number of benzene rings is 8. The van der Waals surface area contributed by atoms with E-state index in [1.807, 2.05) is 48.5 Å². The van der Waals surface area contributed by atoms with Gasteiger partial charge >= 0.3 is 0 Å². The lowest BCUT2D eigenvalue weighted by atomic mass is 9.97. The first kappa shape index (κ1) is 31.9. The number of furan rings is 2. The summed E-state index contributed by atoms with van der Waals surface area (Å²) in [4.78, 5) is 15.4. The second-order valence-corrected chi connectivity index (χ2v) is 14.0. The lowest BCUT2D eigenvalue weighted by Crippen LogP contribution is -2.00. The SMILES string of the molecule is c1ccc(-c2cccc(-c3nc(-c4ccc(-c5ccc6oc7ccccc7c6c5)cc4)nc(-c4cccc(-c5cccc6oc7ccccc7c56)c4)n3)c2)cc1. The van der Waals surface area contributed by atoms with E-state index in [0.717, 1.165) is 93.9 Å². The number of nitrogens with zero attached hydrogens (tertiary/aromatic N) is 3. The second-order valence-electron chi connectivity index (χ2n) is 14.0. The highest BCUT2D eigenvalue weighted by Crippen LogP contribution is 2.38. The predicted octanol–water partition coefficient (Wildman–Crippen LogP) is 13.7. The zero-order chi connectivity index (χ0) is 37.0. The van der Waals surface area contributed by atoms with Crippen LogP contribution >= 0.6 is 0 Å². The minimum Gasteiger partial charge on any atom is -0.456 e. The summed E-state index contributed by atoms with van der Waals surface area (Å²) in [5, 5.41) is 4.40. The fourth-order valence-corrected chi connectivity index (χ4v) is 7.79. The molecule has 262 valence electrons. The van der Waals surface area contributed by atoms with Gasteiger partial charge in [-0.3, -0.25) is 0 Å². The van der Waals surface area contributed by atoms with Crippen LogP contribution in [0.5, 0.6) is 0 Å². The Morgan fingerprint density at radius 1 is 0.268 bits per heavy atom. The van der Waals surface area contributed by atoms with E-state index in [1.165, 1.54) is 0 Å². The molecule has 3 aromatic heterocycles. The quantitative estimate of drug-likeness (QED) is 0.171. The third-order valence-corrected chi connectivity index (χ3v) is 10.6. The van der Waals surface area contributed by atoms with Crippen LogP contribution in [0, 0.1) is 0 Å². The standard InChI is InChI=1S/C51H31N3O2/c1-2-11-32(12-3-1)35-13-8-15-38(29-35)50-52-49(34-25-23-33(24-26-34)36-27-28-46-43(31-36)41-17-4-6-20-44(41)55-46)53-51(54-50)39-16-9-14-37(30-39)40-19-10-22-47-48(40)42-18-5-7-21-45(42)56-47/h1-31H. The van der Waals surface area contributed by atoms with Crippen molar-refractivity contribution >= 4 is 43.9 Å². The number of rotatable bonds is 6. The molecule has 5 nitrogen and oxygen atoms in total. The van der Waals surface area contributed by atoms with E-state index >= 15 is 0 Å². The summed E-state index contributed by atoms with van der Waals surface area (Å²) in [6.45, 7) is 0. The molecule has 0 spiro atoms. The maximum atomic E-state index is 6.23. The number of para-hydroxylation sites is 2. The number of aromatic nitrogens is 3. The van der Waals surface area contributed by atoms with Crippen molar-refractivity contribution in [3.63, 3.8) is 0 Å². The topological polar surface area (TPSA) is 65.0 Å². The van der Waals surface area contributed by atoms with Crippen molar-refractivity contribution in [3.05, 3.63) is 188 Å². The first-order chi connectivity index (χ1) is 27.7. The van der Waals surface area contributed by atoms with Crippen molar-refractivity contribution in [2.75, 3.05) is 0 Å². The molecule has 0 saturated carbocycles. The van der Waals surface area contributed by atoms with Gasteiger partial charge in [0.15, 0.2) is 17.5 Å². The number of hydrogen-bond donors (Lipinski definition) is 0. The second kappa shape index (κ2) is 13.0. The van der Waals surface area contributed by atoms with Gasteiger partial charge in [0.05, 0.1) is 0 Å². The van der Waals surface area contributed by atoms with Gasteiger partial charge in [-0.1, -0.05) is 146 Å². The maximum Gasteiger partial charge on any atom is 0.164 e.